The maximum atomic E-state index is 13.2. The van der Waals surface area contributed by atoms with E-state index >= 15 is 0 Å². The van der Waals surface area contributed by atoms with Crippen molar-refractivity contribution in [2.24, 2.45) is 5.10 Å². The van der Waals surface area contributed by atoms with Crippen LogP contribution >= 0.6 is 0 Å². The largest absolute Gasteiger partial charge is 0.493 e. The fraction of sp³-hybridized carbons (Fsp3) is 0.111. The zero-order chi connectivity index (χ0) is 22.4. The highest BCUT2D eigenvalue weighted by atomic mass is 16.5. The van der Waals surface area contributed by atoms with Crippen molar-refractivity contribution >= 4 is 22.9 Å². The predicted octanol–water partition coefficient (Wildman–Crippen LogP) is 4.62. The Bertz CT molecular complexity index is 1200. The number of hydrogen-bond donors (Lipinski definition) is 2. The number of hydrogen-bond acceptors (Lipinski definition) is 4. The maximum absolute atomic E-state index is 13.2. The van der Waals surface area contributed by atoms with E-state index in [4.69, 9.17) is 4.74 Å². The first-order valence-electron chi connectivity index (χ1n) is 10.5. The van der Waals surface area contributed by atoms with Gasteiger partial charge < -0.3 is 9.84 Å². The second kappa shape index (κ2) is 9.45. The van der Waals surface area contributed by atoms with Crippen LogP contribution in [0.4, 0.5) is 0 Å². The SMILES string of the molecule is CCOc1ccc(/C=N/NC(=O)C(O)(c2ccccc2)c2ccccc2)c2ccccc12. The van der Waals surface area contributed by atoms with Crippen LogP contribution in [0.25, 0.3) is 10.8 Å². The molecule has 0 aliphatic rings. The zero-order valence-electron chi connectivity index (χ0n) is 17.7. The first-order valence-corrected chi connectivity index (χ1v) is 10.5. The average Bonchev–Trinajstić information content (AvgIpc) is 2.86. The Kier molecular flexibility index (Phi) is 6.29. The van der Waals surface area contributed by atoms with Crippen LogP contribution in [0.3, 0.4) is 0 Å². The number of nitrogens with one attached hydrogen (secondary N) is 1. The van der Waals surface area contributed by atoms with Crippen LogP contribution in [-0.4, -0.2) is 23.8 Å². The summed E-state index contributed by atoms with van der Waals surface area (Å²) in [6, 6.07) is 29.3. The van der Waals surface area contributed by atoms with Gasteiger partial charge in [0, 0.05) is 10.9 Å². The van der Waals surface area contributed by atoms with Gasteiger partial charge in [0.25, 0.3) is 5.91 Å². The van der Waals surface area contributed by atoms with Crippen LogP contribution in [0.15, 0.2) is 102 Å². The van der Waals surface area contributed by atoms with Gasteiger partial charge in [0.15, 0.2) is 5.60 Å². The van der Waals surface area contributed by atoms with Gasteiger partial charge in [-0.1, -0.05) is 84.9 Å². The van der Waals surface area contributed by atoms with E-state index in [0.29, 0.717) is 17.7 Å². The molecule has 0 heterocycles. The van der Waals surface area contributed by atoms with Gasteiger partial charge in [0.2, 0.25) is 0 Å². The minimum atomic E-state index is -1.87. The normalized spacial score (nSPS) is 11.6. The van der Waals surface area contributed by atoms with Crippen molar-refractivity contribution < 1.29 is 14.6 Å². The lowest BCUT2D eigenvalue weighted by Gasteiger charge is -2.27. The number of rotatable bonds is 7. The molecule has 1 amide bonds. The summed E-state index contributed by atoms with van der Waals surface area (Å²) in [5, 5.41) is 17.6. The molecular formula is C27H24N2O3. The van der Waals surface area contributed by atoms with Crippen LogP contribution in [0.5, 0.6) is 5.75 Å². The number of carbonyl (C=O) groups is 1. The molecule has 0 spiro atoms. The van der Waals surface area contributed by atoms with Crippen molar-refractivity contribution in [1.29, 1.82) is 0 Å². The molecule has 160 valence electrons. The Balaban J connectivity index is 1.64. The third kappa shape index (κ3) is 4.11. The van der Waals surface area contributed by atoms with Crippen molar-refractivity contribution in [3.8, 4) is 5.75 Å². The van der Waals surface area contributed by atoms with Crippen LogP contribution in [0.2, 0.25) is 0 Å². The van der Waals surface area contributed by atoms with E-state index in [1.807, 2.05) is 55.5 Å². The van der Waals surface area contributed by atoms with Crippen molar-refractivity contribution in [1.82, 2.24) is 5.43 Å². The quantitative estimate of drug-likeness (QED) is 0.336. The third-order valence-corrected chi connectivity index (χ3v) is 5.30. The minimum Gasteiger partial charge on any atom is -0.493 e. The van der Waals surface area contributed by atoms with Gasteiger partial charge in [-0.3, -0.25) is 4.79 Å². The fourth-order valence-corrected chi connectivity index (χ4v) is 3.72. The van der Waals surface area contributed by atoms with E-state index in [2.05, 4.69) is 10.5 Å². The molecule has 0 atom stereocenters. The number of fused-ring (bicyclic) bond motifs is 1. The van der Waals surface area contributed by atoms with Crippen LogP contribution in [0, 0.1) is 0 Å². The van der Waals surface area contributed by atoms with E-state index in [1.165, 1.54) is 0 Å². The van der Waals surface area contributed by atoms with Crippen molar-refractivity contribution in [2.45, 2.75) is 12.5 Å². The third-order valence-electron chi connectivity index (χ3n) is 5.30. The highest BCUT2D eigenvalue weighted by molar-refractivity contribution is 6.02. The molecule has 4 rings (SSSR count). The summed E-state index contributed by atoms with van der Waals surface area (Å²) in [7, 11) is 0. The van der Waals surface area contributed by atoms with E-state index in [1.54, 1.807) is 54.7 Å². The van der Waals surface area contributed by atoms with Gasteiger partial charge in [-0.05, 0) is 35.6 Å². The lowest BCUT2D eigenvalue weighted by molar-refractivity contribution is -0.136. The molecule has 0 radical (unpaired) electrons. The number of ether oxygens (including phenoxy) is 1. The van der Waals surface area contributed by atoms with Gasteiger partial charge in [0.1, 0.15) is 5.75 Å². The molecule has 4 aromatic carbocycles. The van der Waals surface area contributed by atoms with E-state index in [-0.39, 0.29) is 0 Å². The lowest BCUT2D eigenvalue weighted by atomic mass is 9.85. The van der Waals surface area contributed by atoms with Crippen LogP contribution in [0.1, 0.15) is 23.6 Å². The Morgan fingerprint density at radius 3 is 2.03 bits per heavy atom. The number of benzene rings is 4. The molecule has 0 aromatic heterocycles. The Labute approximate surface area is 187 Å². The lowest BCUT2D eigenvalue weighted by Crippen LogP contribution is -2.43. The second-order valence-corrected chi connectivity index (χ2v) is 7.27. The van der Waals surface area contributed by atoms with Gasteiger partial charge in [-0.2, -0.15) is 5.10 Å². The van der Waals surface area contributed by atoms with Crippen LogP contribution < -0.4 is 10.2 Å². The molecule has 0 aliphatic carbocycles. The molecule has 0 aliphatic heterocycles. The van der Waals surface area contributed by atoms with Crippen LogP contribution in [-0.2, 0) is 10.4 Å². The highest BCUT2D eigenvalue weighted by Gasteiger charge is 2.39. The van der Waals surface area contributed by atoms with Gasteiger partial charge in [0.05, 0.1) is 12.8 Å². The van der Waals surface area contributed by atoms with Crippen molar-refractivity contribution in [3.63, 3.8) is 0 Å². The Morgan fingerprint density at radius 1 is 0.875 bits per heavy atom. The molecule has 5 heteroatoms. The van der Waals surface area contributed by atoms with Gasteiger partial charge in [-0.15, -0.1) is 0 Å². The summed E-state index contributed by atoms with van der Waals surface area (Å²) in [4.78, 5) is 13.2. The summed E-state index contributed by atoms with van der Waals surface area (Å²) in [6.45, 7) is 2.52. The highest BCUT2D eigenvalue weighted by Crippen LogP contribution is 2.30. The maximum Gasteiger partial charge on any atom is 0.281 e. The van der Waals surface area contributed by atoms with E-state index in [0.717, 1.165) is 22.1 Å². The predicted molar refractivity (Wildman–Crippen MR) is 127 cm³/mol. The van der Waals surface area contributed by atoms with Gasteiger partial charge in [-0.25, -0.2) is 5.43 Å². The number of nitrogens with zero attached hydrogens (tertiary/aromatic N) is 1. The molecule has 0 fully saturated rings. The first kappa shape index (κ1) is 21.3. The van der Waals surface area contributed by atoms with Gasteiger partial charge >= 0.3 is 0 Å². The van der Waals surface area contributed by atoms with E-state index < -0.39 is 11.5 Å². The summed E-state index contributed by atoms with van der Waals surface area (Å²) in [5.74, 6) is 0.160. The Hall–Kier alpha value is -3.96. The van der Waals surface area contributed by atoms with Crippen molar-refractivity contribution in [2.75, 3.05) is 6.61 Å². The summed E-state index contributed by atoms with van der Waals surface area (Å²) in [5.41, 5.74) is 2.40. The first-order chi connectivity index (χ1) is 15.6. The molecule has 0 bridgehead atoms. The molecule has 2 N–H and O–H groups in total. The molecule has 5 nitrogen and oxygen atoms in total. The molecular weight excluding hydrogens is 400 g/mol. The molecule has 4 aromatic rings. The standard InChI is InChI=1S/C27H24N2O3/c1-2-32-25-18-17-20(23-15-9-10-16-24(23)25)19-28-29-26(30)27(31,21-11-5-3-6-12-21)22-13-7-4-8-14-22/h3-19,31H,2H2,1H3,(H,29,30)/b28-19+. The second-order valence-electron chi connectivity index (χ2n) is 7.27. The molecule has 0 saturated heterocycles. The van der Waals surface area contributed by atoms with Crippen molar-refractivity contribution in [3.05, 3.63) is 114 Å². The van der Waals surface area contributed by atoms with E-state index in [9.17, 15) is 9.90 Å². The smallest absolute Gasteiger partial charge is 0.281 e. The monoisotopic (exact) mass is 424 g/mol. The molecule has 0 saturated carbocycles. The number of carbonyl (C=O) groups excluding carboxylic acids is 1. The number of amides is 1. The molecule has 0 unspecified atom stereocenters. The summed E-state index contributed by atoms with van der Waals surface area (Å²) >= 11 is 0. The number of aliphatic hydroxyl groups is 1. The number of hydrazone groups is 1. The fourth-order valence-electron chi connectivity index (χ4n) is 3.72. The Morgan fingerprint density at radius 2 is 1.44 bits per heavy atom. The molecule has 32 heavy (non-hydrogen) atoms. The zero-order valence-corrected chi connectivity index (χ0v) is 17.7. The summed E-state index contributed by atoms with van der Waals surface area (Å²) < 4.78 is 5.71. The summed E-state index contributed by atoms with van der Waals surface area (Å²) in [6.07, 6.45) is 1.58. The minimum absolute atomic E-state index is 0.463. The average molecular weight is 425 g/mol. The topological polar surface area (TPSA) is 70.9 Å².